The summed E-state index contributed by atoms with van der Waals surface area (Å²) in [5.74, 6) is 0.623. The number of hydrogen-bond donors (Lipinski definition) is 3. The van der Waals surface area contributed by atoms with E-state index in [1.54, 1.807) is 11.1 Å². The number of aromatic nitrogens is 4. The number of piperidine rings is 1. The third-order valence-electron chi connectivity index (χ3n) is 5.18. The molecule has 1 aliphatic heterocycles. The predicted molar refractivity (Wildman–Crippen MR) is 119 cm³/mol. The fourth-order valence-electron chi connectivity index (χ4n) is 3.47. The van der Waals surface area contributed by atoms with E-state index in [4.69, 9.17) is 5.73 Å². The van der Waals surface area contributed by atoms with Crippen LogP contribution in [0.5, 0.6) is 0 Å². The molecule has 166 valence electrons. The second-order valence-corrected chi connectivity index (χ2v) is 8.05. The first-order valence-electron chi connectivity index (χ1n) is 10.5. The Hall–Kier alpha value is -3.43. The zero-order chi connectivity index (χ0) is 22.4. The molecule has 1 fully saturated rings. The maximum absolute atomic E-state index is 11.9. The van der Waals surface area contributed by atoms with Crippen LogP contribution in [-0.2, 0) is 4.79 Å². The van der Waals surface area contributed by atoms with Crippen LogP contribution in [-0.4, -0.2) is 56.1 Å². The summed E-state index contributed by atoms with van der Waals surface area (Å²) in [6.07, 6.45) is 9.10. The number of primary amides is 1. The minimum absolute atomic E-state index is 0.0596. The molecular weight excluding hydrogens is 396 g/mol. The summed E-state index contributed by atoms with van der Waals surface area (Å²) < 4.78 is 1.85. The summed E-state index contributed by atoms with van der Waals surface area (Å²) in [5.41, 5.74) is 6.41. The summed E-state index contributed by atoms with van der Waals surface area (Å²) in [7, 11) is 0. The zero-order valence-electron chi connectivity index (χ0n) is 18.0. The normalized spacial score (nSPS) is 16.2. The third-order valence-corrected chi connectivity index (χ3v) is 5.18. The van der Waals surface area contributed by atoms with Crippen molar-refractivity contribution >= 4 is 29.3 Å². The highest BCUT2D eigenvalue weighted by atomic mass is 16.2. The summed E-state index contributed by atoms with van der Waals surface area (Å²) >= 11 is 0. The van der Waals surface area contributed by atoms with Crippen LogP contribution in [0.15, 0.2) is 31.2 Å². The first-order chi connectivity index (χ1) is 14.9. The lowest BCUT2D eigenvalue weighted by Crippen LogP contribution is -2.39. The van der Waals surface area contributed by atoms with E-state index < -0.39 is 5.91 Å². The highest BCUT2D eigenvalue weighted by Gasteiger charge is 2.24. The predicted octanol–water partition coefficient (Wildman–Crippen LogP) is 2.32. The average Bonchev–Trinajstić information content (AvgIpc) is 3.21. The maximum Gasteiger partial charge on any atom is 0.254 e. The molecule has 0 aliphatic carbocycles. The Morgan fingerprint density at radius 3 is 2.90 bits per heavy atom. The van der Waals surface area contributed by atoms with Gasteiger partial charge < -0.3 is 21.3 Å². The molecule has 10 heteroatoms. The molecule has 2 aromatic heterocycles. The lowest BCUT2D eigenvalue weighted by Gasteiger charge is -2.32. The van der Waals surface area contributed by atoms with E-state index in [0.717, 1.165) is 25.8 Å². The van der Waals surface area contributed by atoms with Gasteiger partial charge in [-0.25, -0.2) is 4.98 Å². The highest BCUT2D eigenvalue weighted by Crippen LogP contribution is 2.24. The number of amides is 2. The van der Waals surface area contributed by atoms with Gasteiger partial charge in [-0.05, 0) is 31.3 Å². The molecule has 3 heterocycles. The van der Waals surface area contributed by atoms with Crippen LogP contribution >= 0.6 is 0 Å². The summed E-state index contributed by atoms with van der Waals surface area (Å²) in [4.78, 5) is 34.0. The number of hydrogen-bond acceptors (Lipinski definition) is 7. The lowest BCUT2D eigenvalue weighted by atomic mass is 10.1. The number of nitrogens with two attached hydrogens (primary N) is 1. The van der Waals surface area contributed by atoms with Crippen LogP contribution in [0.2, 0.25) is 0 Å². The van der Waals surface area contributed by atoms with Crippen molar-refractivity contribution in [3.8, 4) is 0 Å². The van der Waals surface area contributed by atoms with Crippen molar-refractivity contribution in [1.29, 1.82) is 0 Å². The standard InChI is InChI=1S/C21H30N8O2/c1-4-18(30)28-9-5-6-16(13-28)29-12-15(10-25-29)26-21-24-11-17(19(22)31)20(27-21)23-8-7-14(2)3/h4,10-12,14,16H,1,5-9,13H2,2-3H3,(H2,22,31)(H2,23,24,26,27)/t16-/m1/s1. The van der Waals surface area contributed by atoms with Gasteiger partial charge in [0.25, 0.3) is 5.91 Å². The quantitative estimate of drug-likeness (QED) is 0.524. The van der Waals surface area contributed by atoms with Gasteiger partial charge in [-0.1, -0.05) is 20.4 Å². The van der Waals surface area contributed by atoms with Gasteiger partial charge in [0.05, 0.1) is 23.5 Å². The molecule has 1 saturated heterocycles. The van der Waals surface area contributed by atoms with Crippen LogP contribution in [0.4, 0.5) is 17.5 Å². The van der Waals surface area contributed by atoms with Crippen LogP contribution < -0.4 is 16.4 Å². The average molecular weight is 427 g/mol. The molecule has 1 aliphatic rings. The van der Waals surface area contributed by atoms with Gasteiger partial charge >= 0.3 is 0 Å². The van der Waals surface area contributed by atoms with E-state index in [-0.39, 0.29) is 17.5 Å². The molecule has 0 spiro atoms. The van der Waals surface area contributed by atoms with Crippen LogP contribution in [0.3, 0.4) is 0 Å². The molecule has 3 rings (SSSR count). The molecule has 31 heavy (non-hydrogen) atoms. The van der Waals surface area contributed by atoms with E-state index in [9.17, 15) is 9.59 Å². The van der Waals surface area contributed by atoms with E-state index in [1.165, 1.54) is 12.3 Å². The maximum atomic E-state index is 11.9. The first-order valence-corrected chi connectivity index (χ1v) is 10.5. The van der Waals surface area contributed by atoms with Crippen molar-refractivity contribution in [2.45, 2.75) is 39.2 Å². The lowest BCUT2D eigenvalue weighted by molar-refractivity contribution is -0.127. The Labute approximate surface area is 181 Å². The number of nitrogens with one attached hydrogen (secondary N) is 2. The monoisotopic (exact) mass is 426 g/mol. The Bertz CT molecular complexity index is 939. The SMILES string of the molecule is C=CC(=O)N1CCC[C@@H](n2cc(Nc3ncc(C(N)=O)c(NCCC(C)C)n3)cn2)C1. The Morgan fingerprint density at radius 1 is 1.39 bits per heavy atom. The summed E-state index contributed by atoms with van der Waals surface area (Å²) in [6, 6.07) is 0.0969. The molecule has 2 amide bonds. The van der Waals surface area contributed by atoms with E-state index >= 15 is 0 Å². The Kier molecular flexibility index (Phi) is 7.22. The molecule has 0 bridgehead atoms. The van der Waals surface area contributed by atoms with Crippen LogP contribution in [0, 0.1) is 5.92 Å². The molecule has 10 nitrogen and oxygen atoms in total. The highest BCUT2D eigenvalue weighted by molar-refractivity contribution is 5.97. The summed E-state index contributed by atoms with van der Waals surface area (Å²) in [5, 5.41) is 10.7. The largest absolute Gasteiger partial charge is 0.369 e. The number of carbonyl (C=O) groups excluding carboxylic acids is 2. The smallest absolute Gasteiger partial charge is 0.254 e. The first kappa shape index (κ1) is 22.3. The molecule has 2 aromatic rings. The molecule has 0 aromatic carbocycles. The number of rotatable bonds is 9. The Morgan fingerprint density at radius 2 is 2.19 bits per heavy atom. The van der Waals surface area contributed by atoms with E-state index in [2.05, 4.69) is 46.1 Å². The van der Waals surface area contributed by atoms with Gasteiger partial charge in [0, 0.05) is 32.0 Å². The van der Waals surface area contributed by atoms with Gasteiger partial charge in [-0.15, -0.1) is 0 Å². The minimum Gasteiger partial charge on any atom is -0.369 e. The molecule has 0 saturated carbocycles. The second-order valence-electron chi connectivity index (χ2n) is 8.05. The van der Waals surface area contributed by atoms with E-state index in [0.29, 0.717) is 36.5 Å². The Balaban J connectivity index is 1.70. The zero-order valence-corrected chi connectivity index (χ0v) is 18.0. The van der Waals surface area contributed by atoms with Gasteiger partial charge in [0.2, 0.25) is 11.9 Å². The third kappa shape index (κ3) is 5.80. The van der Waals surface area contributed by atoms with Crippen molar-refractivity contribution in [2.75, 3.05) is 30.3 Å². The van der Waals surface area contributed by atoms with Gasteiger partial charge in [-0.2, -0.15) is 10.1 Å². The van der Waals surface area contributed by atoms with Gasteiger partial charge in [0.1, 0.15) is 5.82 Å². The van der Waals surface area contributed by atoms with Gasteiger partial charge in [0.15, 0.2) is 0 Å². The fourth-order valence-corrected chi connectivity index (χ4v) is 3.47. The van der Waals surface area contributed by atoms with Crippen molar-refractivity contribution in [1.82, 2.24) is 24.6 Å². The fraction of sp³-hybridized carbons (Fsp3) is 0.476. The number of carbonyl (C=O) groups is 2. The van der Waals surface area contributed by atoms with Crippen LogP contribution in [0.1, 0.15) is 49.5 Å². The number of nitrogens with zero attached hydrogens (tertiary/aromatic N) is 5. The van der Waals surface area contributed by atoms with Crippen molar-refractivity contribution < 1.29 is 9.59 Å². The molecular formula is C21H30N8O2. The topological polar surface area (TPSA) is 131 Å². The van der Waals surface area contributed by atoms with Crippen molar-refractivity contribution in [3.05, 3.63) is 36.8 Å². The summed E-state index contributed by atoms with van der Waals surface area (Å²) in [6.45, 7) is 9.82. The molecule has 1 atom stereocenters. The van der Waals surface area contributed by atoms with Crippen LogP contribution in [0.25, 0.3) is 0 Å². The molecule has 4 N–H and O–H groups in total. The number of likely N-dealkylation sites (tertiary alicyclic amines) is 1. The molecule has 0 unspecified atom stereocenters. The number of anilines is 3. The van der Waals surface area contributed by atoms with Crippen molar-refractivity contribution in [3.63, 3.8) is 0 Å². The van der Waals surface area contributed by atoms with Gasteiger partial charge in [-0.3, -0.25) is 14.3 Å². The van der Waals surface area contributed by atoms with Crippen molar-refractivity contribution in [2.24, 2.45) is 11.7 Å². The molecule has 0 radical (unpaired) electrons. The second kappa shape index (κ2) is 10.1. The van der Waals surface area contributed by atoms with E-state index in [1.807, 2.05) is 10.9 Å². The minimum atomic E-state index is -0.581.